The number of aliphatic hydroxyl groups is 1. The van der Waals surface area contributed by atoms with Crippen molar-refractivity contribution >= 4 is 17.6 Å². The van der Waals surface area contributed by atoms with Gasteiger partial charge in [0.05, 0.1) is 12.1 Å². The van der Waals surface area contributed by atoms with E-state index in [-0.39, 0.29) is 17.9 Å². The molecule has 0 spiro atoms. The van der Waals surface area contributed by atoms with Crippen LogP contribution in [0.1, 0.15) is 35.7 Å². The number of aromatic nitrogens is 1. The molecular weight excluding hydrogens is 330 g/mol. The molecule has 2 aromatic rings. The first-order valence-electron chi connectivity index (χ1n) is 8.81. The summed E-state index contributed by atoms with van der Waals surface area (Å²) >= 11 is 0. The van der Waals surface area contributed by atoms with Crippen LogP contribution in [0.15, 0.2) is 48.7 Å². The fourth-order valence-corrected chi connectivity index (χ4v) is 3.37. The van der Waals surface area contributed by atoms with E-state index in [1.165, 1.54) is 13.1 Å². The summed E-state index contributed by atoms with van der Waals surface area (Å²) < 4.78 is 0. The van der Waals surface area contributed by atoms with Crippen LogP contribution < -0.4 is 5.32 Å². The smallest absolute Gasteiger partial charge is 0.254 e. The lowest BCUT2D eigenvalue weighted by Crippen LogP contribution is -2.52. The van der Waals surface area contributed by atoms with Gasteiger partial charge in [0.1, 0.15) is 5.82 Å². The molecule has 6 heteroatoms. The van der Waals surface area contributed by atoms with Crippen LogP contribution >= 0.6 is 0 Å². The fraction of sp³-hybridized carbons (Fsp3) is 0.350. The zero-order chi connectivity index (χ0) is 18.5. The predicted molar refractivity (Wildman–Crippen MR) is 98.8 cm³/mol. The number of likely N-dealkylation sites (tertiary alicyclic amines) is 1. The maximum absolute atomic E-state index is 13.1. The van der Waals surface area contributed by atoms with Gasteiger partial charge in [-0.3, -0.25) is 9.59 Å². The molecular formula is C20H23N3O3. The number of aliphatic hydroxyl groups excluding tert-OH is 1. The minimum absolute atomic E-state index is 0.154. The Morgan fingerprint density at radius 2 is 2.04 bits per heavy atom. The van der Waals surface area contributed by atoms with E-state index in [2.05, 4.69) is 10.3 Å². The molecule has 2 heterocycles. The molecule has 6 nitrogen and oxygen atoms in total. The van der Waals surface area contributed by atoms with Gasteiger partial charge in [0.15, 0.2) is 0 Å². The maximum Gasteiger partial charge on any atom is 0.254 e. The maximum atomic E-state index is 13.1. The fourth-order valence-electron chi connectivity index (χ4n) is 3.37. The molecule has 2 amide bonds. The zero-order valence-corrected chi connectivity index (χ0v) is 14.8. The molecule has 0 aliphatic carbocycles. The molecule has 26 heavy (non-hydrogen) atoms. The van der Waals surface area contributed by atoms with Crippen LogP contribution in [0.4, 0.5) is 5.82 Å². The van der Waals surface area contributed by atoms with Gasteiger partial charge in [-0.05, 0) is 37.0 Å². The molecule has 136 valence electrons. The van der Waals surface area contributed by atoms with Crippen LogP contribution in [0.3, 0.4) is 0 Å². The number of anilines is 1. The van der Waals surface area contributed by atoms with E-state index in [1.54, 1.807) is 17.0 Å². The van der Waals surface area contributed by atoms with Crippen LogP contribution in [0.2, 0.25) is 0 Å². The second-order valence-corrected chi connectivity index (χ2v) is 6.58. The van der Waals surface area contributed by atoms with Gasteiger partial charge in [-0.2, -0.15) is 0 Å². The quantitative estimate of drug-likeness (QED) is 0.883. The summed E-state index contributed by atoms with van der Waals surface area (Å²) in [4.78, 5) is 30.1. The second-order valence-electron chi connectivity index (χ2n) is 6.58. The Hall–Kier alpha value is -2.73. The number of benzene rings is 1. The highest BCUT2D eigenvalue weighted by molar-refractivity contribution is 5.96. The summed E-state index contributed by atoms with van der Waals surface area (Å²) in [5.41, 5.74) is 1.54. The summed E-state index contributed by atoms with van der Waals surface area (Å²) in [5, 5.41) is 13.1. The first-order valence-corrected chi connectivity index (χ1v) is 8.81. The van der Waals surface area contributed by atoms with Gasteiger partial charge in [0, 0.05) is 25.2 Å². The Bertz CT molecular complexity index is 779. The van der Waals surface area contributed by atoms with E-state index in [1.807, 2.05) is 30.3 Å². The van der Waals surface area contributed by atoms with E-state index in [0.29, 0.717) is 30.8 Å². The molecule has 0 saturated carbocycles. The minimum atomic E-state index is -0.551. The highest BCUT2D eigenvalue weighted by Gasteiger charge is 2.33. The van der Waals surface area contributed by atoms with E-state index < -0.39 is 6.10 Å². The molecule has 0 radical (unpaired) electrons. The number of hydrogen-bond acceptors (Lipinski definition) is 4. The van der Waals surface area contributed by atoms with Gasteiger partial charge in [0.2, 0.25) is 5.91 Å². The number of pyridine rings is 1. The number of nitrogens with one attached hydrogen (secondary N) is 1. The number of carbonyl (C=O) groups excluding carboxylic acids is 2. The average Bonchev–Trinajstić information content (AvgIpc) is 2.63. The second kappa shape index (κ2) is 8.10. The molecule has 1 fully saturated rings. The highest BCUT2D eigenvalue weighted by atomic mass is 16.3. The number of rotatable bonds is 4. The topological polar surface area (TPSA) is 82.5 Å². The number of hydrogen-bond donors (Lipinski definition) is 2. The Balaban J connectivity index is 1.82. The Kier molecular flexibility index (Phi) is 5.63. The summed E-state index contributed by atoms with van der Waals surface area (Å²) in [6.45, 7) is 2.00. The van der Waals surface area contributed by atoms with Crippen LogP contribution in [0.25, 0.3) is 0 Å². The predicted octanol–water partition coefficient (Wildman–Crippen LogP) is 2.25. The lowest BCUT2D eigenvalue weighted by atomic mass is 9.92. The molecule has 1 aromatic heterocycles. The van der Waals surface area contributed by atoms with Gasteiger partial charge in [0.25, 0.3) is 5.91 Å². The van der Waals surface area contributed by atoms with Crippen molar-refractivity contribution in [1.82, 2.24) is 9.88 Å². The molecule has 1 saturated heterocycles. The van der Waals surface area contributed by atoms with Crippen molar-refractivity contribution in [1.29, 1.82) is 0 Å². The Morgan fingerprint density at radius 3 is 2.77 bits per heavy atom. The normalized spacial score (nSPS) is 19.8. The molecule has 3 rings (SSSR count). The summed E-state index contributed by atoms with van der Waals surface area (Å²) in [7, 11) is 0. The number of piperidine rings is 1. The van der Waals surface area contributed by atoms with E-state index in [4.69, 9.17) is 0 Å². The van der Waals surface area contributed by atoms with Gasteiger partial charge in [-0.25, -0.2) is 4.98 Å². The lowest BCUT2D eigenvalue weighted by molar-refractivity contribution is -0.114. The zero-order valence-electron chi connectivity index (χ0n) is 14.8. The molecule has 2 N–H and O–H groups in total. The number of carbonyl (C=O) groups is 2. The first-order chi connectivity index (χ1) is 12.5. The largest absolute Gasteiger partial charge is 0.391 e. The minimum Gasteiger partial charge on any atom is -0.391 e. The van der Waals surface area contributed by atoms with Crippen molar-refractivity contribution < 1.29 is 14.7 Å². The van der Waals surface area contributed by atoms with Crippen molar-refractivity contribution in [2.24, 2.45) is 0 Å². The number of nitrogens with zero attached hydrogens (tertiary/aromatic N) is 2. The molecule has 0 bridgehead atoms. The van der Waals surface area contributed by atoms with Crippen LogP contribution in [-0.2, 0) is 11.2 Å². The van der Waals surface area contributed by atoms with Gasteiger partial charge >= 0.3 is 0 Å². The van der Waals surface area contributed by atoms with Crippen molar-refractivity contribution in [2.45, 2.75) is 38.3 Å². The van der Waals surface area contributed by atoms with Crippen LogP contribution in [0, 0.1) is 0 Å². The Morgan fingerprint density at radius 1 is 1.27 bits per heavy atom. The molecule has 0 unspecified atom stereocenters. The average molecular weight is 353 g/mol. The van der Waals surface area contributed by atoms with Crippen LogP contribution in [-0.4, -0.2) is 45.5 Å². The van der Waals surface area contributed by atoms with Crippen molar-refractivity contribution in [3.05, 3.63) is 59.8 Å². The Labute approximate surface area is 152 Å². The van der Waals surface area contributed by atoms with E-state index in [0.717, 1.165) is 12.0 Å². The van der Waals surface area contributed by atoms with E-state index in [9.17, 15) is 14.7 Å². The standard InChI is InChI=1S/C20H23N3O3/c1-14(24)22-19-13-16(9-10-21-19)20(26)23-11-5-8-18(25)17(23)12-15-6-3-2-4-7-15/h2-4,6-7,9-10,13,17-18,25H,5,8,11-12H2,1H3,(H,21,22,24)/t17-,18-/m0/s1. The third-order valence-corrected chi connectivity index (χ3v) is 4.60. The van der Waals surface area contributed by atoms with Gasteiger partial charge in [-0.15, -0.1) is 0 Å². The van der Waals surface area contributed by atoms with Gasteiger partial charge < -0.3 is 15.3 Å². The van der Waals surface area contributed by atoms with Crippen molar-refractivity contribution in [3.63, 3.8) is 0 Å². The van der Waals surface area contributed by atoms with E-state index >= 15 is 0 Å². The monoisotopic (exact) mass is 353 g/mol. The van der Waals surface area contributed by atoms with Gasteiger partial charge in [-0.1, -0.05) is 30.3 Å². The van der Waals surface area contributed by atoms with Crippen LogP contribution in [0.5, 0.6) is 0 Å². The highest BCUT2D eigenvalue weighted by Crippen LogP contribution is 2.24. The van der Waals surface area contributed by atoms with Crippen molar-refractivity contribution in [3.8, 4) is 0 Å². The summed E-state index contributed by atoms with van der Waals surface area (Å²) in [6.07, 6.45) is 3.02. The third kappa shape index (κ3) is 4.26. The molecule has 1 aliphatic rings. The summed E-state index contributed by atoms with van der Waals surface area (Å²) in [5.74, 6) is -0.0448. The third-order valence-electron chi connectivity index (χ3n) is 4.60. The van der Waals surface area contributed by atoms with Crippen molar-refractivity contribution in [2.75, 3.05) is 11.9 Å². The number of amides is 2. The first kappa shape index (κ1) is 18.1. The molecule has 2 atom stereocenters. The summed E-state index contributed by atoms with van der Waals surface area (Å²) in [6, 6.07) is 12.8. The SMILES string of the molecule is CC(=O)Nc1cc(C(=O)N2CCC[C@H](O)[C@@H]2Cc2ccccc2)ccn1. The lowest BCUT2D eigenvalue weighted by Gasteiger charge is -2.39. The molecule has 1 aliphatic heterocycles. The molecule has 1 aromatic carbocycles.